The van der Waals surface area contributed by atoms with Gasteiger partial charge in [0.25, 0.3) is 5.91 Å². The molecule has 0 saturated heterocycles. The van der Waals surface area contributed by atoms with Gasteiger partial charge in [0.15, 0.2) is 0 Å². The van der Waals surface area contributed by atoms with Crippen LogP contribution in [0.4, 0.5) is 5.69 Å². The molecule has 2 aromatic carbocycles. The van der Waals surface area contributed by atoms with Gasteiger partial charge in [-0.25, -0.2) is 0 Å². The van der Waals surface area contributed by atoms with Gasteiger partial charge in [0, 0.05) is 23.5 Å². The van der Waals surface area contributed by atoms with E-state index in [-0.39, 0.29) is 11.8 Å². The molecule has 2 amide bonds. The van der Waals surface area contributed by atoms with E-state index in [2.05, 4.69) is 11.9 Å². The number of rotatable bonds is 5. The van der Waals surface area contributed by atoms with Crippen LogP contribution in [0, 0.1) is 6.92 Å². The van der Waals surface area contributed by atoms with Crippen molar-refractivity contribution in [3.8, 4) is 0 Å². The van der Waals surface area contributed by atoms with Crippen molar-refractivity contribution in [3.63, 3.8) is 0 Å². The first kappa shape index (κ1) is 17.3. The number of carbonyl (C=O) groups excluding carboxylic acids is 2. The minimum Gasteiger partial charge on any atom is -0.348 e. The Morgan fingerprint density at radius 3 is 2.76 bits per heavy atom. The van der Waals surface area contributed by atoms with Crippen LogP contribution in [-0.2, 0) is 11.3 Å². The normalized spacial score (nSPS) is 13.3. The standard InChI is InChI=1S/C20H20N2O2S/c1-3-10-22-17-11-16(8-9-18(17)25-13-19(22)23)20(24)21-12-15-6-4-14(2)5-7-15/h3-9,11H,1,10,12-13H2,2H3,(H,21,24). The lowest BCUT2D eigenvalue weighted by atomic mass is 10.1. The molecule has 2 aromatic rings. The van der Waals surface area contributed by atoms with E-state index in [9.17, 15) is 9.59 Å². The van der Waals surface area contributed by atoms with E-state index < -0.39 is 0 Å². The molecule has 0 atom stereocenters. The molecule has 0 spiro atoms. The third kappa shape index (κ3) is 3.94. The molecule has 1 heterocycles. The lowest BCUT2D eigenvalue weighted by Gasteiger charge is -2.28. The van der Waals surface area contributed by atoms with Gasteiger partial charge < -0.3 is 10.2 Å². The number of hydrogen-bond donors (Lipinski definition) is 1. The summed E-state index contributed by atoms with van der Waals surface area (Å²) in [6, 6.07) is 13.6. The Labute approximate surface area is 151 Å². The number of benzene rings is 2. The van der Waals surface area contributed by atoms with Gasteiger partial charge >= 0.3 is 0 Å². The van der Waals surface area contributed by atoms with Gasteiger partial charge in [-0.05, 0) is 30.7 Å². The zero-order valence-electron chi connectivity index (χ0n) is 14.1. The largest absolute Gasteiger partial charge is 0.348 e. The summed E-state index contributed by atoms with van der Waals surface area (Å²) < 4.78 is 0. The highest BCUT2D eigenvalue weighted by Crippen LogP contribution is 2.35. The molecule has 0 fully saturated rings. The second-order valence-corrected chi connectivity index (χ2v) is 6.95. The SMILES string of the molecule is C=CCN1C(=O)CSc2ccc(C(=O)NCc3ccc(C)cc3)cc21. The van der Waals surface area contributed by atoms with E-state index in [1.807, 2.05) is 37.3 Å². The third-order valence-electron chi connectivity index (χ3n) is 4.05. The second-order valence-electron chi connectivity index (χ2n) is 5.93. The van der Waals surface area contributed by atoms with Crippen LogP contribution >= 0.6 is 11.8 Å². The van der Waals surface area contributed by atoms with Crippen molar-refractivity contribution in [2.75, 3.05) is 17.2 Å². The van der Waals surface area contributed by atoms with Crippen molar-refractivity contribution in [3.05, 3.63) is 71.8 Å². The highest BCUT2D eigenvalue weighted by Gasteiger charge is 2.24. The summed E-state index contributed by atoms with van der Waals surface area (Å²) in [6.07, 6.45) is 1.70. The summed E-state index contributed by atoms with van der Waals surface area (Å²) in [4.78, 5) is 27.3. The minimum absolute atomic E-state index is 0.0367. The molecule has 0 aliphatic carbocycles. The Balaban J connectivity index is 1.76. The second kappa shape index (κ2) is 7.57. The number of carbonyl (C=O) groups is 2. The number of hydrogen-bond acceptors (Lipinski definition) is 3. The van der Waals surface area contributed by atoms with Crippen LogP contribution in [0.25, 0.3) is 0 Å². The summed E-state index contributed by atoms with van der Waals surface area (Å²) >= 11 is 1.50. The quantitative estimate of drug-likeness (QED) is 0.837. The topological polar surface area (TPSA) is 49.4 Å². The van der Waals surface area contributed by atoms with Gasteiger partial charge in [-0.1, -0.05) is 35.9 Å². The van der Waals surface area contributed by atoms with Crippen molar-refractivity contribution >= 4 is 29.3 Å². The number of aryl methyl sites for hydroxylation is 1. The maximum Gasteiger partial charge on any atom is 0.251 e. The lowest BCUT2D eigenvalue weighted by Crippen LogP contribution is -2.35. The van der Waals surface area contributed by atoms with Crippen LogP contribution in [0.15, 0.2) is 60.0 Å². The average molecular weight is 352 g/mol. The van der Waals surface area contributed by atoms with Crippen molar-refractivity contribution in [2.45, 2.75) is 18.4 Å². The summed E-state index contributed by atoms with van der Waals surface area (Å²) in [7, 11) is 0. The molecule has 25 heavy (non-hydrogen) atoms. The average Bonchev–Trinajstić information content (AvgIpc) is 2.63. The monoisotopic (exact) mass is 352 g/mol. The molecule has 1 aliphatic rings. The Hall–Kier alpha value is -2.53. The molecule has 0 radical (unpaired) electrons. The fourth-order valence-corrected chi connectivity index (χ4v) is 3.58. The molecular weight excluding hydrogens is 332 g/mol. The van der Waals surface area contributed by atoms with E-state index >= 15 is 0 Å². The van der Waals surface area contributed by atoms with Gasteiger partial charge in [-0.15, -0.1) is 18.3 Å². The Kier molecular flexibility index (Phi) is 5.24. The van der Waals surface area contributed by atoms with Crippen LogP contribution in [0.3, 0.4) is 0 Å². The Morgan fingerprint density at radius 2 is 2.04 bits per heavy atom. The molecule has 4 nitrogen and oxygen atoms in total. The number of nitrogens with zero attached hydrogens (tertiary/aromatic N) is 1. The molecule has 0 saturated carbocycles. The van der Waals surface area contributed by atoms with Crippen molar-refractivity contribution in [1.82, 2.24) is 5.32 Å². The Bertz CT molecular complexity index is 815. The fourth-order valence-electron chi connectivity index (χ4n) is 2.66. The smallest absolute Gasteiger partial charge is 0.251 e. The van der Waals surface area contributed by atoms with Crippen molar-refractivity contribution in [1.29, 1.82) is 0 Å². The number of thioether (sulfide) groups is 1. The van der Waals surface area contributed by atoms with Gasteiger partial charge in [-0.3, -0.25) is 9.59 Å². The predicted molar refractivity (Wildman–Crippen MR) is 102 cm³/mol. The van der Waals surface area contributed by atoms with Crippen LogP contribution in [0.5, 0.6) is 0 Å². The lowest BCUT2D eigenvalue weighted by molar-refractivity contribution is -0.116. The Morgan fingerprint density at radius 1 is 1.28 bits per heavy atom. The zero-order chi connectivity index (χ0) is 17.8. The molecular formula is C20H20N2O2S. The number of anilines is 1. The first-order chi connectivity index (χ1) is 12.1. The van der Waals surface area contributed by atoms with E-state index in [1.165, 1.54) is 17.3 Å². The summed E-state index contributed by atoms with van der Waals surface area (Å²) in [5, 5.41) is 2.93. The van der Waals surface area contributed by atoms with Crippen LogP contribution in [0.2, 0.25) is 0 Å². The molecule has 5 heteroatoms. The molecule has 0 unspecified atom stereocenters. The maximum absolute atomic E-state index is 12.5. The summed E-state index contributed by atoms with van der Waals surface area (Å²) in [5.41, 5.74) is 3.57. The van der Waals surface area contributed by atoms with E-state index in [4.69, 9.17) is 0 Å². The molecule has 1 N–H and O–H groups in total. The molecule has 1 aliphatic heterocycles. The van der Waals surface area contributed by atoms with Crippen LogP contribution in [0.1, 0.15) is 21.5 Å². The maximum atomic E-state index is 12.5. The van der Waals surface area contributed by atoms with Gasteiger partial charge in [-0.2, -0.15) is 0 Å². The highest BCUT2D eigenvalue weighted by atomic mass is 32.2. The van der Waals surface area contributed by atoms with E-state index in [0.29, 0.717) is 24.4 Å². The predicted octanol–water partition coefficient (Wildman–Crippen LogP) is 3.55. The van der Waals surface area contributed by atoms with Gasteiger partial charge in [0.1, 0.15) is 0 Å². The summed E-state index contributed by atoms with van der Waals surface area (Å²) in [6.45, 7) is 6.66. The zero-order valence-corrected chi connectivity index (χ0v) is 14.9. The van der Waals surface area contributed by atoms with E-state index in [0.717, 1.165) is 16.1 Å². The van der Waals surface area contributed by atoms with Crippen LogP contribution < -0.4 is 10.2 Å². The first-order valence-corrected chi connectivity index (χ1v) is 9.09. The molecule has 0 aromatic heterocycles. The number of fused-ring (bicyclic) bond motifs is 1. The van der Waals surface area contributed by atoms with Gasteiger partial charge in [0.05, 0.1) is 11.4 Å². The summed E-state index contributed by atoms with van der Waals surface area (Å²) in [5.74, 6) is 0.305. The number of nitrogens with one attached hydrogen (secondary N) is 1. The molecule has 0 bridgehead atoms. The number of amides is 2. The van der Waals surface area contributed by atoms with Crippen molar-refractivity contribution in [2.24, 2.45) is 0 Å². The molecule has 128 valence electrons. The van der Waals surface area contributed by atoms with Crippen LogP contribution in [-0.4, -0.2) is 24.1 Å². The minimum atomic E-state index is -0.148. The first-order valence-electron chi connectivity index (χ1n) is 8.10. The van der Waals surface area contributed by atoms with Crippen molar-refractivity contribution < 1.29 is 9.59 Å². The highest BCUT2D eigenvalue weighted by molar-refractivity contribution is 8.00. The van der Waals surface area contributed by atoms with Gasteiger partial charge in [0.2, 0.25) is 5.91 Å². The fraction of sp³-hybridized carbons (Fsp3) is 0.200. The third-order valence-corrected chi connectivity index (χ3v) is 5.10. The van der Waals surface area contributed by atoms with E-state index in [1.54, 1.807) is 23.1 Å². The molecule has 3 rings (SSSR count).